The molecule has 0 radical (unpaired) electrons. The number of para-hydroxylation sites is 2. The van der Waals surface area contributed by atoms with Crippen LogP contribution in [0.4, 0.5) is 10.8 Å². The van der Waals surface area contributed by atoms with E-state index in [9.17, 15) is 9.59 Å². The summed E-state index contributed by atoms with van der Waals surface area (Å²) in [7, 11) is 1.55. The molecule has 0 aliphatic heterocycles. The highest BCUT2D eigenvalue weighted by Crippen LogP contribution is 2.35. The summed E-state index contributed by atoms with van der Waals surface area (Å²) in [5, 5.41) is 7.00. The first kappa shape index (κ1) is 22.1. The maximum atomic E-state index is 12.6. The molecule has 0 spiro atoms. The number of nitrogens with zero attached hydrogens (tertiary/aromatic N) is 3. The number of hydrogen-bond acceptors (Lipinski definition) is 9. The van der Waals surface area contributed by atoms with Gasteiger partial charge in [-0.3, -0.25) is 9.69 Å². The van der Waals surface area contributed by atoms with E-state index in [1.54, 1.807) is 42.9 Å². The summed E-state index contributed by atoms with van der Waals surface area (Å²) in [5.74, 6) is -0.0780. The Labute approximate surface area is 196 Å². The van der Waals surface area contributed by atoms with Crippen molar-refractivity contribution in [2.45, 2.75) is 20.5 Å². The van der Waals surface area contributed by atoms with E-state index >= 15 is 0 Å². The molecule has 1 amide bonds. The zero-order chi connectivity index (χ0) is 22.7. The number of hydrogen-bond donors (Lipinski definition) is 0. The van der Waals surface area contributed by atoms with Crippen molar-refractivity contribution in [1.82, 2.24) is 9.97 Å². The molecule has 1 aromatic carbocycles. The summed E-state index contributed by atoms with van der Waals surface area (Å²) < 4.78 is 10.9. The largest absolute Gasteiger partial charge is 0.495 e. The standard InChI is InChI=1S/C22H19N3O4S3/c1-13-19(32-20(23-13)15-8-9-30-11-15)21(27)29-10-16-12-31-22(24-16)25(14(2)26)17-6-4-5-7-18(17)28-3/h4-9,11-12H,10H2,1-3H3. The van der Waals surface area contributed by atoms with Crippen LogP contribution in [0.15, 0.2) is 46.5 Å². The smallest absolute Gasteiger partial charge is 0.350 e. The van der Waals surface area contributed by atoms with Gasteiger partial charge in [-0.2, -0.15) is 11.3 Å². The molecule has 0 atom stereocenters. The van der Waals surface area contributed by atoms with Crippen LogP contribution in [0.2, 0.25) is 0 Å². The number of carbonyl (C=O) groups excluding carboxylic acids is 2. The normalized spacial score (nSPS) is 10.7. The molecule has 3 heterocycles. The van der Waals surface area contributed by atoms with E-state index in [0.29, 0.717) is 32.8 Å². The molecule has 32 heavy (non-hydrogen) atoms. The maximum Gasteiger partial charge on any atom is 0.350 e. The Morgan fingerprint density at radius 1 is 1.12 bits per heavy atom. The zero-order valence-electron chi connectivity index (χ0n) is 17.5. The third-order valence-electron chi connectivity index (χ3n) is 4.47. The summed E-state index contributed by atoms with van der Waals surface area (Å²) >= 11 is 4.18. The van der Waals surface area contributed by atoms with E-state index in [1.165, 1.54) is 34.5 Å². The van der Waals surface area contributed by atoms with Gasteiger partial charge in [0.1, 0.15) is 22.2 Å². The first-order chi connectivity index (χ1) is 15.5. The van der Waals surface area contributed by atoms with E-state index in [0.717, 1.165) is 10.6 Å². The average Bonchev–Trinajstić information content (AvgIpc) is 3.53. The van der Waals surface area contributed by atoms with Gasteiger partial charge in [-0.1, -0.05) is 12.1 Å². The van der Waals surface area contributed by atoms with Gasteiger partial charge in [0.05, 0.1) is 24.2 Å². The van der Waals surface area contributed by atoms with Crippen molar-refractivity contribution < 1.29 is 19.1 Å². The molecule has 164 valence electrons. The van der Waals surface area contributed by atoms with Gasteiger partial charge in [-0.05, 0) is 30.5 Å². The van der Waals surface area contributed by atoms with Crippen molar-refractivity contribution >= 4 is 56.7 Å². The number of aromatic nitrogens is 2. The molecular weight excluding hydrogens is 466 g/mol. The summed E-state index contributed by atoms with van der Waals surface area (Å²) in [6.45, 7) is 3.26. The van der Waals surface area contributed by atoms with E-state index in [-0.39, 0.29) is 12.5 Å². The Hall–Kier alpha value is -3.08. The lowest BCUT2D eigenvalue weighted by atomic mass is 10.2. The Morgan fingerprint density at radius 2 is 1.94 bits per heavy atom. The lowest BCUT2D eigenvalue weighted by Gasteiger charge is -2.20. The topological polar surface area (TPSA) is 81.6 Å². The molecule has 0 N–H and O–H groups in total. The van der Waals surface area contributed by atoms with Crippen LogP contribution in [0.25, 0.3) is 10.6 Å². The molecule has 0 saturated carbocycles. The van der Waals surface area contributed by atoms with E-state index < -0.39 is 5.97 Å². The minimum absolute atomic E-state index is 0.00186. The van der Waals surface area contributed by atoms with Crippen LogP contribution in [0.5, 0.6) is 5.75 Å². The number of anilines is 2. The van der Waals surface area contributed by atoms with Crippen LogP contribution >= 0.6 is 34.0 Å². The molecule has 0 aliphatic rings. The highest BCUT2D eigenvalue weighted by Gasteiger charge is 2.22. The van der Waals surface area contributed by atoms with Gasteiger partial charge in [0.2, 0.25) is 5.91 Å². The lowest BCUT2D eigenvalue weighted by Crippen LogP contribution is -2.23. The molecule has 0 unspecified atom stereocenters. The summed E-state index contributed by atoms with van der Waals surface area (Å²) in [4.78, 5) is 35.9. The third-order valence-corrected chi connectivity index (χ3v) is 7.22. The monoisotopic (exact) mass is 485 g/mol. The number of thiophene rings is 1. The summed E-state index contributed by atoms with van der Waals surface area (Å²) in [6.07, 6.45) is 0. The zero-order valence-corrected chi connectivity index (χ0v) is 20.0. The molecule has 10 heteroatoms. The highest BCUT2D eigenvalue weighted by molar-refractivity contribution is 7.17. The molecule has 3 aromatic heterocycles. The van der Waals surface area contributed by atoms with Crippen LogP contribution in [0.3, 0.4) is 0 Å². The second-order valence-corrected chi connectivity index (χ2v) is 9.29. The van der Waals surface area contributed by atoms with Gasteiger partial charge in [0.25, 0.3) is 0 Å². The summed E-state index contributed by atoms with van der Waals surface area (Å²) in [6, 6.07) is 9.20. The predicted octanol–water partition coefficient (Wildman–Crippen LogP) is 5.69. The fraction of sp³-hybridized carbons (Fsp3) is 0.182. The Morgan fingerprint density at radius 3 is 2.66 bits per heavy atom. The second kappa shape index (κ2) is 9.60. The fourth-order valence-electron chi connectivity index (χ4n) is 2.99. The van der Waals surface area contributed by atoms with Gasteiger partial charge >= 0.3 is 5.97 Å². The minimum Gasteiger partial charge on any atom is -0.495 e. The van der Waals surface area contributed by atoms with Gasteiger partial charge in [0.15, 0.2) is 5.13 Å². The second-order valence-electron chi connectivity index (χ2n) is 6.67. The van der Waals surface area contributed by atoms with Gasteiger partial charge in [-0.15, -0.1) is 22.7 Å². The first-order valence-corrected chi connectivity index (χ1v) is 12.2. The van der Waals surface area contributed by atoms with E-state index in [2.05, 4.69) is 9.97 Å². The van der Waals surface area contributed by atoms with Crippen molar-refractivity contribution in [2.75, 3.05) is 12.0 Å². The number of carbonyl (C=O) groups is 2. The molecule has 4 rings (SSSR count). The Bertz CT molecular complexity index is 1250. The van der Waals surface area contributed by atoms with Crippen molar-refractivity contribution in [1.29, 1.82) is 0 Å². The minimum atomic E-state index is -0.441. The van der Waals surface area contributed by atoms with Gasteiger partial charge < -0.3 is 9.47 Å². The first-order valence-electron chi connectivity index (χ1n) is 9.53. The van der Waals surface area contributed by atoms with Gasteiger partial charge in [-0.25, -0.2) is 14.8 Å². The number of esters is 1. The Balaban J connectivity index is 1.48. The quantitative estimate of drug-likeness (QED) is 0.313. The molecule has 7 nitrogen and oxygen atoms in total. The van der Waals surface area contributed by atoms with Crippen LogP contribution in [-0.4, -0.2) is 29.0 Å². The molecule has 0 saturated heterocycles. The number of aryl methyl sites for hydroxylation is 1. The number of benzene rings is 1. The molecule has 0 aliphatic carbocycles. The van der Waals surface area contributed by atoms with Crippen molar-refractivity contribution in [3.63, 3.8) is 0 Å². The van der Waals surface area contributed by atoms with Crippen LogP contribution < -0.4 is 9.64 Å². The van der Waals surface area contributed by atoms with E-state index in [1.807, 2.05) is 29.0 Å². The molecule has 0 fully saturated rings. The number of rotatable bonds is 7. The predicted molar refractivity (Wildman–Crippen MR) is 127 cm³/mol. The molecule has 0 bridgehead atoms. The fourth-order valence-corrected chi connectivity index (χ4v) is 5.52. The molecule has 4 aromatic rings. The van der Waals surface area contributed by atoms with Crippen molar-refractivity contribution in [2.24, 2.45) is 0 Å². The van der Waals surface area contributed by atoms with Crippen molar-refractivity contribution in [3.8, 4) is 16.3 Å². The van der Waals surface area contributed by atoms with Gasteiger partial charge in [0, 0.05) is 23.2 Å². The maximum absolute atomic E-state index is 12.6. The van der Waals surface area contributed by atoms with Crippen LogP contribution in [0, 0.1) is 6.92 Å². The number of thiazole rings is 2. The van der Waals surface area contributed by atoms with Crippen LogP contribution in [0.1, 0.15) is 28.0 Å². The number of amides is 1. The SMILES string of the molecule is COc1ccccc1N(C(C)=O)c1nc(COC(=O)c2sc(-c3ccsc3)nc2C)cs1. The van der Waals surface area contributed by atoms with Crippen LogP contribution in [-0.2, 0) is 16.1 Å². The summed E-state index contributed by atoms with van der Waals surface area (Å²) in [5.41, 5.74) is 2.78. The molecular formula is C22H19N3O4S3. The van der Waals surface area contributed by atoms with Crippen molar-refractivity contribution in [3.05, 3.63) is 62.7 Å². The average molecular weight is 486 g/mol. The lowest BCUT2D eigenvalue weighted by molar-refractivity contribution is -0.115. The number of ether oxygens (including phenoxy) is 2. The highest BCUT2D eigenvalue weighted by atomic mass is 32.1. The third kappa shape index (κ3) is 4.57. The number of methoxy groups -OCH3 is 1. The van der Waals surface area contributed by atoms with E-state index in [4.69, 9.17) is 9.47 Å². The Kier molecular flexibility index (Phi) is 6.63.